The van der Waals surface area contributed by atoms with E-state index in [9.17, 15) is 16.8 Å². The van der Waals surface area contributed by atoms with E-state index in [0.717, 1.165) is 5.56 Å². The van der Waals surface area contributed by atoms with Gasteiger partial charge in [0.15, 0.2) is 21.3 Å². The van der Waals surface area contributed by atoms with E-state index >= 15 is 0 Å². The topological polar surface area (TPSA) is 98.8 Å². The highest BCUT2D eigenvalue weighted by molar-refractivity contribution is 7.95. The third-order valence-corrected chi connectivity index (χ3v) is 7.66. The first-order valence-electron chi connectivity index (χ1n) is 7.17. The summed E-state index contributed by atoms with van der Waals surface area (Å²) < 4.78 is 59.9. The molecule has 0 aliphatic carbocycles. The van der Waals surface area contributed by atoms with Crippen molar-refractivity contribution in [3.8, 4) is 11.5 Å². The Morgan fingerprint density at radius 2 is 1.91 bits per heavy atom. The van der Waals surface area contributed by atoms with Crippen molar-refractivity contribution in [2.45, 2.75) is 18.1 Å². The molecular formula is C14H21NO6S2. The van der Waals surface area contributed by atoms with E-state index in [0.29, 0.717) is 17.9 Å². The second-order valence-electron chi connectivity index (χ2n) is 5.40. The van der Waals surface area contributed by atoms with Gasteiger partial charge in [0.1, 0.15) is 0 Å². The number of benzene rings is 1. The fourth-order valence-corrected chi connectivity index (χ4v) is 6.58. The molecule has 0 spiro atoms. The van der Waals surface area contributed by atoms with E-state index in [1.807, 2.05) is 6.07 Å². The van der Waals surface area contributed by atoms with Crippen molar-refractivity contribution in [2.24, 2.45) is 0 Å². The summed E-state index contributed by atoms with van der Waals surface area (Å²) in [7, 11) is -3.76. The smallest absolute Gasteiger partial charge is 0.215 e. The number of hydrogen-bond donors (Lipinski definition) is 1. The maximum absolute atomic E-state index is 12.1. The lowest BCUT2D eigenvalue weighted by molar-refractivity contribution is 0.354. The first-order valence-corrected chi connectivity index (χ1v) is 10.5. The zero-order valence-corrected chi connectivity index (χ0v) is 14.7. The molecule has 9 heteroatoms. The van der Waals surface area contributed by atoms with Crippen LogP contribution in [-0.2, 0) is 26.3 Å². The third kappa shape index (κ3) is 4.58. The van der Waals surface area contributed by atoms with Crippen LogP contribution in [-0.4, -0.2) is 54.4 Å². The average Bonchev–Trinajstić information content (AvgIpc) is 2.88. The summed E-state index contributed by atoms with van der Waals surface area (Å²) in [6.45, 7) is 0.203. The minimum atomic E-state index is -3.61. The van der Waals surface area contributed by atoms with Crippen LogP contribution in [0.2, 0.25) is 0 Å². The van der Waals surface area contributed by atoms with Gasteiger partial charge in [-0.25, -0.2) is 21.6 Å². The monoisotopic (exact) mass is 363 g/mol. The van der Waals surface area contributed by atoms with Crippen LogP contribution < -0.4 is 14.2 Å². The van der Waals surface area contributed by atoms with E-state index in [1.165, 1.54) is 7.11 Å². The predicted octanol–water partition coefficient (Wildman–Crippen LogP) is 0.353. The largest absolute Gasteiger partial charge is 0.493 e. The molecule has 23 heavy (non-hydrogen) atoms. The first-order chi connectivity index (χ1) is 10.8. The summed E-state index contributed by atoms with van der Waals surface area (Å²) in [6, 6.07) is 5.37. The normalized spacial score (nSPS) is 20.3. The highest BCUT2D eigenvalue weighted by atomic mass is 32.2. The number of hydrogen-bond acceptors (Lipinski definition) is 6. The molecule has 1 aromatic rings. The zero-order valence-electron chi connectivity index (χ0n) is 13.1. The van der Waals surface area contributed by atoms with Crippen LogP contribution in [0.1, 0.15) is 12.0 Å². The molecule has 0 unspecified atom stereocenters. The van der Waals surface area contributed by atoms with Gasteiger partial charge in [-0.2, -0.15) is 0 Å². The van der Waals surface area contributed by atoms with Gasteiger partial charge in [0.2, 0.25) is 10.0 Å². The molecular weight excluding hydrogens is 342 g/mol. The van der Waals surface area contributed by atoms with E-state index in [2.05, 4.69) is 4.72 Å². The summed E-state index contributed by atoms with van der Waals surface area (Å²) in [5, 5.41) is -0.849. The molecule has 7 nitrogen and oxygen atoms in total. The molecule has 1 aliphatic rings. The number of sulfonamides is 1. The molecule has 1 saturated heterocycles. The lowest BCUT2D eigenvalue weighted by Gasteiger charge is -2.12. The van der Waals surface area contributed by atoms with Gasteiger partial charge in [-0.05, 0) is 30.5 Å². The van der Waals surface area contributed by atoms with Crippen LogP contribution in [0.5, 0.6) is 11.5 Å². The predicted molar refractivity (Wildman–Crippen MR) is 87.2 cm³/mol. The third-order valence-electron chi connectivity index (χ3n) is 3.79. The highest BCUT2D eigenvalue weighted by Crippen LogP contribution is 2.27. The maximum atomic E-state index is 12.1. The Balaban J connectivity index is 1.94. The van der Waals surface area contributed by atoms with Crippen molar-refractivity contribution in [3.63, 3.8) is 0 Å². The molecule has 0 aromatic heterocycles. The minimum Gasteiger partial charge on any atom is -0.493 e. The highest BCUT2D eigenvalue weighted by Gasteiger charge is 2.36. The van der Waals surface area contributed by atoms with Gasteiger partial charge in [0.25, 0.3) is 0 Å². The zero-order chi connectivity index (χ0) is 17.1. The quantitative estimate of drug-likeness (QED) is 0.751. The molecule has 0 radical (unpaired) electrons. The summed E-state index contributed by atoms with van der Waals surface area (Å²) in [5.41, 5.74) is 0.893. The molecule has 130 valence electrons. The van der Waals surface area contributed by atoms with Crippen LogP contribution in [0.4, 0.5) is 0 Å². The fraction of sp³-hybridized carbons (Fsp3) is 0.571. The van der Waals surface area contributed by atoms with Gasteiger partial charge in [-0.3, -0.25) is 0 Å². The van der Waals surface area contributed by atoms with Crippen molar-refractivity contribution in [2.75, 3.05) is 32.3 Å². The molecule has 1 fully saturated rings. The molecule has 1 aromatic carbocycles. The summed E-state index contributed by atoms with van der Waals surface area (Å²) >= 11 is 0. The Kier molecular flexibility index (Phi) is 5.53. The molecule has 1 aliphatic heterocycles. The van der Waals surface area contributed by atoms with Gasteiger partial charge in [-0.1, -0.05) is 6.07 Å². The second-order valence-corrected chi connectivity index (χ2v) is 9.68. The SMILES string of the molecule is COc1ccc(CCNS(=O)(=O)[C@@H]2CCS(=O)(=O)C2)cc1OC. The average molecular weight is 363 g/mol. The summed E-state index contributed by atoms with van der Waals surface area (Å²) in [5.74, 6) is 0.829. The lowest BCUT2D eigenvalue weighted by Crippen LogP contribution is -2.36. The molecule has 2 rings (SSSR count). The Morgan fingerprint density at radius 3 is 2.48 bits per heavy atom. The number of methoxy groups -OCH3 is 2. The molecule has 0 amide bonds. The van der Waals surface area contributed by atoms with Gasteiger partial charge in [0.05, 0.1) is 31.0 Å². The number of sulfone groups is 1. The standard InChI is InChI=1S/C14H21NO6S2/c1-20-13-4-3-11(9-14(13)21-2)5-7-15-23(18,19)12-6-8-22(16,17)10-12/h3-4,9,12,15H,5-8,10H2,1-2H3/t12-/m1/s1. The van der Waals surface area contributed by atoms with Crippen molar-refractivity contribution in [1.82, 2.24) is 4.72 Å². The van der Waals surface area contributed by atoms with Gasteiger partial charge in [0, 0.05) is 6.54 Å². The van der Waals surface area contributed by atoms with Gasteiger partial charge >= 0.3 is 0 Å². The second kappa shape index (κ2) is 7.06. The van der Waals surface area contributed by atoms with Gasteiger partial charge < -0.3 is 9.47 Å². The number of ether oxygens (including phenoxy) is 2. The Morgan fingerprint density at radius 1 is 1.22 bits per heavy atom. The van der Waals surface area contributed by atoms with Crippen LogP contribution >= 0.6 is 0 Å². The minimum absolute atomic E-state index is 0.0613. The summed E-state index contributed by atoms with van der Waals surface area (Å²) in [6.07, 6.45) is 0.632. The Labute approximate surface area is 137 Å². The summed E-state index contributed by atoms with van der Waals surface area (Å²) in [4.78, 5) is 0. The Bertz CT molecular complexity index is 757. The first kappa shape index (κ1) is 18.0. The lowest BCUT2D eigenvalue weighted by atomic mass is 10.1. The van der Waals surface area contributed by atoms with E-state index in [1.54, 1.807) is 19.2 Å². The van der Waals surface area contributed by atoms with Crippen LogP contribution in [0.3, 0.4) is 0 Å². The molecule has 0 saturated carbocycles. The number of nitrogens with one attached hydrogen (secondary N) is 1. The van der Waals surface area contributed by atoms with Crippen molar-refractivity contribution < 1.29 is 26.3 Å². The van der Waals surface area contributed by atoms with E-state index in [4.69, 9.17) is 9.47 Å². The van der Waals surface area contributed by atoms with Gasteiger partial charge in [-0.15, -0.1) is 0 Å². The molecule has 1 N–H and O–H groups in total. The Hall–Kier alpha value is -1.32. The van der Waals surface area contributed by atoms with Crippen LogP contribution in [0, 0.1) is 0 Å². The van der Waals surface area contributed by atoms with E-state index < -0.39 is 25.1 Å². The molecule has 1 heterocycles. The van der Waals surface area contributed by atoms with Crippen LogP contribution in [0.25, 0.3) is 0 Å². The van der Waals surface area contributed by atoms with Crippen molar-refractivity contribution >= 4 is 19.9 Å². The maximum Gasteiger partial charge on any atom is 0.215 e. The fourth-order valence-electron chi connectivity index (χ4n) is 2.50. The van der Waals surface area contributed by atoms with Crippen LogP contribution in [0.15, 0.2) is 18.2 Å². The van der Waals surface area contributed by atoms with Crippen molar-refractivity contribution in [3.05, 3.63) is 23.8 Å². The van der Waals surface area contributed by atoms with Crippen molar-refractivity contribution in [1.29, 1.82) is 0 Å². The van der Waals surface area contributed by atoms with E-state index in [-0.39, 0.29) is 24.5 Å². The molecule has 1 atom stereocenters. The molecule has 0 bridgehead atoms. The number of rotatable bonds is 7.